The standard InChI is InChI=1S/C7H11NO2.C6H7NO/c1-2-7(9)8-6-3-4-10-5-6;1-8-6-4-2-3-5-7-6/h2,6H,1,3-5H2,(H,8,9);2-5H,1H3. The Hall–Kier alpha value is -1.88. The van der Waals surface area contributed by atoms with Gasteiger partial charge < -0.3 is 14.8 Å². The van der Waals surface area contributed by atoms with Gasteiger partial charge in [0.25, 0.3) is 0 Å². The molecule has 0 spiro atoms. The molecule has 1 amide bonds. The van der Waals surface area contributed by atoms with Crippen LogP contribution in [-0.4, -0.2) is 37.3 Å². The zero-order valence-corrected chi connectivity index (χ0v) is 10.5. The summed E-state index contributed by atoms with van der Waals surface area (Å²) in [5.41, 5.74) is 0. The van der Waals surface area contributed by atoms with Crippen LogP contribution in [0.2, 0.25) is 0 Å². The van der Waals surface area contributed by atoms with Crippen LogP contribution in [-0.2, 0) is 9.53 Å². The Balaban J connectivity index is 0.000000184. The normalized spacial score (nSPS) is 17.3. The van der Waals surface area contributed by atoms with E-state index in [9.17, 15) is 4.79 Å². The van der Waals surface area contributed by atoms with Gasteiger partial charge in [0, 0.05) is 18.9 Å². The number of pyridine rings is 1. The van der Waals surface area contributed by atoms with Crippen LogP contribution >= 0.6 is 0 Å². The number of rotatable bonds is 3. The lowest BCUT2D eigenvalue weighted by atomic mass is 10.2. The fourth-order valence-electron chi connectivity index (χ4n) is 1.38. The number of ether oxygens (including phenoxy) is 2. The Labute approximate surface area is 107 Å². The van der Waals surface area contributed by atoms with E-state index in [-0.39, 0.29) is 11.9 Å². The molecule has 2 rings (SSSR count). The Morgan fingerprint density at radius 2 is 2.50 bits per heavy atom. The summed E-state index contributed by atoms with van der Waals surface area (Å²) in [5.74, 6) is 0.544. The van der Waals surface area contributed by atoms with Crippen LogP contribution in [0.1, 0.15) is 6.42 Å². The van der Waals surface area contributed by atoms with Gasteiger partial charge >= 0.3 is 0 Å². The molecule has 0 aromatic carbocycles. The smallest absolute Gasteiger partial charge is 0.243 e. The third kappa shape index (κ3) is 5.45. The van der Waals surface area contributed by atoms with Crippen molar-refractivity contribution in [2.24, 2.45) is 0 Å². The maximum Gasteiger partial charge on any atom is 0.243 e. The molecule has 1 aromatic heterocycles. The second kappa shape index (κ2) is 8.25. The van der Waals surface area contributed by atoms with Gasteiger partial charge in [-0.2, -0.15) is 0 Å². The number of nitrogens with one attached hydrogen (secondary N) is 1. The first-order chi connectivity index (χ1) is 8.76. The summed E-state index contributed by atoms with van der Waals surface area (Å²) in [6, 6.07) is 5.74. The molecule has 5 heteroatoms. The number of aromatic nitrogens is 1. The van der Waals surface area contributed by atoms with E-state index in [1.165, 1.54) is 6.08 Å². The van der Waals surface area contributed by atoms with Crippen LogP contribution < -0.4 is 10.1 Å². The van der Waals surface area contributed by atoms with Crippen LogP contribution in [0, 0.1) is 0 Å². The average molecular weight is 250 g/mol. The summed E-state index contributed by atoms with van der Waals surface area (Å²) in [6.07, 6.45) is 3.89. The van der Waals surface area contributed by atoms with E-state index >= 15 is 0 Å². The molecule has 0 bridgehead atoms. The summed E-state index contributed by atoms with van der Waals surface area (Å²) in [5, 5.41) is 2.75. The van der Waals surface area contributed by atoms with Gasteiger partial charge in [0.05, 0.1) is 19.8 Å². The first-order valence-electron chi connectivity index (χ1n) is 5.72. The van der Waals surface area contributed by atoms with Crippen molar-refractivity contribution in [3.63, 3.8) is 0 Å². The van der Waals surface area contributed by atoms with Crippen LogP contribution in [0.15, 0.2) is 37.1 Å². The molecule has 1 saturated heterocycles. The topological polar surface area (TPSA) is 60.5 Å². The predicted octanol–water partition coefficient (Wildman–Crippen LogP) is 1.17. The van der Waals surface area contributed by atoms with Gasteiger partial charge in [-0.15, -0.1) is 0 Å². The predicted molar refractivity (Wildman–Crippen MR) is 68.4 cm³/mol. The van der Waals surface area contributed by atoms with Crippen molar-refractivity contribution >= 4 is 5.91 Å². The van der Waals surface area contributed by atoms with Crippen molar-refractivity contribution in [2.45, 2.75) is 12.5 Å². The Kier molecular flexibility index (Phi) is 6.50. The monoisotopic (exact) mass is 250 g/mol. The Bertz CT molecular complexity index is 362. The molecule has 1 unspecified atom stereocenters. The van der Waals surface area contributed by atoms with Crippen molar-refractivity contribution in [3.05, 3.63) is 37.1 Å². The lowest BCUT2D eigenvalue weighted by molar-refractivity contribution is -0.117. The van der Waals surface area contributed by atoms with E-state index in [0.29, 0.717) is 12.5 Å². The molecule has 5 nitrogen and oxygen atoms in total. The minimum Gasteiger partial charge on any atom is -0.481 e. The maximum absolute atomic E-state index is 10.7. The van der Waals surface area contributed by atoms with Crippen LogP contribution in [0.25, 0.3) is 0 Å². The maximum atomic E-state index is 10.7. The number of hydrogen-bond acceptors (Lipinski definition) is 4. The van der Waals surface area contributed by atoms with E-state index in [1.807, 2.05) is 12.1 Å². The summed E-state index contributed by atoms with van der Waals surface area (Å²) in [7, 11) is 1.60. The summed E-state index contributed by atoms with van der Waals surface area (Å²) >= 11 is 0. The molecular weight excluding hydrogens is 232 g/mol. The van der Waals surface area contributed by atoms with Gasteiger partial charge in [0.2, 0.25) is 11.8 Å². The molecule has 18 heavy (non-hydrogen) atoms. The highest BCUT2D eigenvalue weighted by atomic mass is 16.5. The van der Waals surface area contributed by atoms with Crippen molar-refractivity contribution < 1.29 is 14.3 Å². The van der Waals surface area contributed by atoms with Gasteiger partial charge in [-0.1, -0.05) is 12.6 Å². The number of hydrogen-bond donors (Lipinski definition) is 1. The molecule has 0 radical (unpaired) electrons. The third-order valence-electron chi connectivity index (χ3n) is 2.31. The molecule has 1 atom stereocenters. The summed E-state index contributed by atoms with van der Waals surface area (Å²) in [6.45, 7) is 4.74. The fourth-order valence-corrected chi connectivity index (χ4v) is 1.38. The lowest BCUT2D eigenvalue weighted by Crippen LogP contribution is -2.33. The number of amides is 1. The second-order valence-electron chi connectivity index (χ2n) is 3.65. The van der Waals surface area contributed by atoms with Gasteiger partial charge in [0.15, 0.2) is 0 Å². The molecule has 0 aliphatic carbocycles. The van der Waals surface area contributed by atoms with Crippen molar-refractivity contribution in [1.82, 2.24) is 10.3 Å². The highest BCUT2D eigenvalue weighted by Crippen LogP contribution is 2.02. The van der Waals surface area contributed by atoms with Crippen molar-refractivity contribution in [2.75, 3.05) is 20.3 Å². The van der Waals surface area contributed by atoms with Crippen molar-refractivity contribution in [3.8, 4) is 5.88 Å². The quantitative estimate of drug-likeness (QED) is 0.818. The molecule has 98 valence electrons. The molecule has 1 aliphatic rings. The number of carbonyl (C=O) groups excluding carboxylic acids is 1. The number of carbonyl (C=O) groups is 1. The van der Waals surface area contributed by atoms with E-state index in [1.54, 1.807) is 19.4 Å². The molecule has 1 aliphatic heterocycles. The summed E-state index contributed by atoms with van der Waals surface area (Å²) in [4.78, 5) is 14.6. The SMILES string of the molecule is C=CC(=O)NC1CCOC1.COc1ccccn1. The number of nitrogens with zero attached hydrogens (tertiary/aromatic N) is 1. The van der Waals surface area contributed by atoms with Crippen LogP contribution in [0.5, 0.6) is 5.88 Å². The molecule has 1 aromatic rings. The summed E-state index contributed by atoms with van der Waals surface area (Å²) < 4.78 is 9.86. The zero-order valence-electron chi connectivity index (χ0n) is 10.5. The van der Waals surface area contributed by atoms with Crippen LogP contribution in [0.4, 0.5) is 0 Å². The highest BCUT2D eigenvalue weighted by molar-refractivity contribution is 5.87. The zero-order chi connectivity index (χ0) is 13.2. The van der Waals surface area contributed by atoms with Crippen LogP contribution in [0.3, 0.4) is 0 Å². The van der Waals surface area contributed by atoms with Gasteiger partial charge in [-0.25, -0.2) is 4.98 Å². The molecule has 0 saturated carbocycles. The minimum atomic E-state index is -0.115. The molecule has 1 N–H and O–H groups in total. The molecule has 2 heterocycles. The largest absolute Gasteiger partial charge is 0.481 e. The number of methoxy groups -OCH3 is 1. The Morgan fingerprint density at radius 3 is 2.94 bits per heavy atom. The van der Waals surface area contributed by atoms with E-state index in [4.69, 9.17) is 9.47 Å². The van der Waals surface area contributed by atoms with E-state index < -0.39 is 0 Å². The second-order valence-corrected chi connectivity index (χ2v) is 3.65. The third-order valence-corrected chi connectivity index (χ3v) is 2.31. The first kappa shape index (κ1) is 14.2. The first-order valence-corrected chi connectivity index (χ1v) is 5.72. The lowest BCUT2D eigenvalue weighted by Gasteiger charge is -2.06. The van der Waals surface area contributed by atoms with E-state index in [2.05, 4.69) is 16.9 Å². The average Bonchev–Trinajstić information content (AvgIpc) is 2.93. The Morgan fingerprint density at radius 1 is 1.67 bits per heavy atom. The highest BCUT2D eigenvalue weighted by Gasteiger charge is 2.15. The molecular formula is C13H18N2O3. The minimum absolute atomic E-state index is 0.115. The molecule has 1 fully saturated rings. The fraction of sp³-hybridized carbons (Fsp3) is 0.385. The van der Waals surface area contributed by atoms with Crippen molar-refractivity contribution in [1.29, 1.82) is 0 Å². The van der Waals surface area contributed by atoms with Gasteiger partial charge in [-0.3, -0.25) is 4.79 Å². The van der Waals surface area contributed by atoms with E-state index in [0.717, 1.165) is 13.0 Å². The van der Waals surface area contributed by atoms with Gasteiger partial charge in [-0.05, 0) is 18.6 Å². The van der Waals surface area contributed by atoms with Gasteiger partial charge in [0.1, 0.15) is 0 Å².